The Balaban J connectivity index is 1.91. The summed E-state index contributed by atoms with van der Waals surface area (Å²) in [5.41, 5.74) is 14.0. The highest BCUT2D eigenvalue weighted by Gasteiger charge is 2.19. The van der Waals surface area contributed by atoms with E-state index in [1.54, 1.807) is 18.4 Å². The van der Waals surface area contributed by atoms with E-state index in [9.17, 15) is 4.79 Å². The summed E-state index contributed by atoms with van der Waals surface area (Å²) in [5.74, 6) is 0.658. The minimum absolute atomic E-state index is 0.326. The molecule has 2 rings (SSSR count). The van der Waals surface area contributed by atoms with Gasteiger partial charge < -0.3 is 21.7 Å². The van der Waals surface area contributed by atoms with Gasteiger partial charge in [0.05, 0.1) is 11.4 Å². The Hall–Kier alpha value is -2.78. The number of carbonyl (C=O) groups excluding carboxylic acids is 1. The van der Waals surface area contributed by atoms with E-state index >= 15 is 0 Å². The molecular formula is C18H25N7OS. The van der Waals surface area contributed by atoms with Gasteiger partial charge in [-0.25, -0.2) is 9.98 Å². The SMILES string of the molecule is Cc1nc(N=C/C=C\N)ccc1N1CCN(C/C(N)=C/C(=S)NC=O)CC1. The second-order valence-electron chi connectivity index (χ2n) is 6.05. The van der Waals surface area contributed by atoms with Gasteiger partial charge in [-0.15, -0.1) is 0 Å². The molecule has 0 saturated carbocycles. The normalized spacial score (nSPS) is 16.2. The molecule has 1 saturated heterocycles. The van der Waals surface area contributed by atoms with Crippen molar-refractivity contribution in [2.24, 2.45) is 16.5 Å². The van der Waals surface area contributed by atoms with E-state index in [0.717, 1.165) is 37.6 Å². The summed E-state index contributed by atoms with van der Waals surface area (Å²) in [4.78, 5) is 24.0. The molecule has 9 heteroatoms. The van der Waals surface area contributed by atoms with E-state index in [4.69, 9.17) is 23.7 Å². The summed E-state index contributed by atoms with van der Waals surface area (Å²) >= 11 is 4.99. The lowest BCUT2D eigenvalue weighted by atomic mass is 10.2. The first-order chi connectivity index (χ1) is 13.0. The highest BCUT2D eigenvalue weighted by Crippen LogP contribution is 2.23. The number of nitrogens with two attached hydrogens (primary N) is 2. The topological polar surface area (TPSA) is 113 Å². The Morgan fingerprint density at radius 3 is 2.74 bits per heavy atom. The number of aryl methyl sites for hydroxylation is 1. The van der Waals surface area contributed by atoms with Crippen LogP contribution < -0.4 is 21.7 Å². The van der Waals surface area contributed by atoms with E-state index in [0.29, 0.717) is 29.5 Å². The highest BCUT2D eigenvalue weighted by molar-refractivity contribution is 7.80. The summed E-state index contributed by atoms with van der Waals surface area (Å²) in [5, 5.41) is 2.41. The van der Waals surface area contributed by atoms with Gasteiger partial charge in [-0.05, 0) is 37.4 Å². The number of pyridine rings is 1. The number of hydrogen-bond acceptors (Lipinski definition) is 8. The van der Waals surface area contributed by atoms with Crippen LogP contribution in [0.1, 0.15) is 5.69 Å². The molecule has 0 unspecified atom stereocenters. The van der Waals surface area contributed by atoms with Gasteiger partial charge in [0.25, 0.3) is 0 Å². The minimum Gasteiger partial charge on any atom is -0.405 e. The van der Waals surface area contributed by atoms with Gasteiger partial charge in [-0.1, -0.05) is 12.2 Å². The average molecular weight is 388 g/mol. The predicted octanol–water partition coefficient (Wildman–Crippen LogP) is 0.603. The van der Waals surface area contributed by atoms with Crippen LogP contribution in [0.15, 0.2) is 41.2 Å². The maximum atomic E-state index is 10.4. The molecule has 1 aromatic rings. The number of allylic oxidation sites excluding steroid dienone is 1. The number of carbonyl (C=O) groups is 1. The zero-order valence-corrected chi connectivity index (χ0v) is 16.2. The summed E-state index contributed by atoms with van der Waals surface area (Å²) < 4.78 is 0. The second kappa shape index (κ2) is 10.4. The first-order valence-corrected chi connectivity index (χ1v) is 9.00. The van der Waals surface area contributed by atoms with E-state index < -0.39 is 0 Å². The van der Waals surface area contributed by atoms with Crippen molar-refractivity contribution in [3.8, 4) is 0 Å². The molecule has 0 atom stereocenters. The van der Waals surface area contributed by atoms with Crippen molar-refractivity contribution in [2.75, 3.05) is 37.6 Å². The second-order valence-corrected chi connectivity index (χ2v) is 6.49. The zero-order chi connectivity index (χ0) is 19.6. The van der Waals surface area contributed by atoms with Gasteiger partial charge in [-0.2, -0.15) is 0 Å². The monoisotopic (exact) mass is 387 g/mol. The molecule has 1 aromatic heterocycles. The summed E-state index contributed by atoms with van der Waals surface area (Å²) in [6.07, 6.45) is 6.87. The number of thiocarbonyl (C=S) groups is 1. The number of amides is 1. The first-order valence-electron chi connectivity index (χ1n) is 8.59. The molecule has 0 aromatic carbocycles. The van der Waals surface area contributed by atoms with Crippen molar-refractivity contribution < 1.29 is 4.79 Å². The maximum absolute atomic E-state index is 10.4. The van der Waals surface area contributed by atoms with E-state index in [2.05, 4.69) is 31.2 Å². The number of nitrogens with zero attached hydrogens (tertiary/aromatic N) is 4. The first kappa shape index (κ1) is 20.5. The Morgan fingerprint density at radius 2 is 2.11 bits per heavy atom. The third-order valence-corrected chi connectivity index (χ3v) is 4.32. The molecule has 1 aliphatic rings. The molecule has 0 radical (unpaired) electrons. The number of piperazine rings is 1. The lowest BCUT2D eigenvalue weighted by Crippen LogP contribution is -2.47. The fraction of sp³-hybridized carbons (Fsp3) is 0.333. The maximum Gasteiger partial charge on any atom is 0.212 e. The van der Waals surface area contributed by atoms with E-state index in [1.807, 2.05) is 13.0 Å². The number of rotatable bonds is 7. The van der Waals surface area contributed by atoms with Crippen molar-refractivity contribution >= 4 is 41.3 Å². The van der Waals surface area contributed by atoms with Crippen LogP contribution in [0.4, 0.5) is 11.5 Å². The largest absolute Gasteiger partial charge is 0.405 e. The van der Waals surface area contributed by atoms with Gasteiger partial charge in [0.2, 0.25) is 6.41 Å². The lowest BCUT2D eigenvalue weighted by Gasteiger charge is -2.36. The number of nitrogens with one attached hydrogen (secondary N) is 1. The molecule has 2 heterocycles. The number of anilines is 1. The van der Waals surface area contributed by atoms with Crippen molar-refractivity contribution in [3.05, 3.63) is 41.9 Å². The van der Waals surface area contributed by atoms with Crippen molar-refractivity contribution in [1.29, 1.82) is 0 Å². The van der Waals surface area contributed by atoms with E-state index in [1.165, 1.54) is 6.20 Å². The van der Waals surface area contributed by atoms with Crippen LogP contribution in [0, 0.1) is 6.92 Å². The predicted molar refractivity (Wildman–Crippen MR) is 113 cm³/mol. The van der Waals surface area contributed by atoms with Gasteiger partial charge >= 0.3 is 0 Å². The minimum atomic E-state index is 0.326. The molecule has 8 nitrogen and oxygen atoms in total. The molecule has 1 aliphatic heterocycles. The lowest BCUT2D eigenvalue weighted by molar-refractivity contribution is -0.108. The molecule has 1 fully saturated rings. The molecule has 5 N–H and O–H groups in total. The van der Waals surface area contributed by atoms with Gasteiger partial charge in [-0.3, -0.25) is 9.69 Å². The summed E-state index contributed by atoms with van der Waals surface area (Å²) in [6.45, 7) is 6.12. The van der Waals surface area contributed by atoms with Crippen LogP contribution >= 0.6 is 12.2 Å². The molecule has 0 aliphatic carbocycles. The van der Waals surface area contributed by atoms with Crippen molar-refractivity contribution in [3.63, 3.8) is 0 Å². The van der Waals surface area contributed by atoms with Crippen LogP contribution in [0.25, 0.3) is 0 Å². The van der Waals surface area contributed by atoms with Gasteiger partial charge in [0.1, 0.15) is 4.99 Å². The van der Waals surface area contributed by atoms with Crippen LogP contribution in [-0.4, -0.2) is 60.2 Å². The Morgan fingerprint density at radius 1 is 1.37 bits per heavy atom. The summed E-state index contributed by atoms with van der Waals surface area (Å²) in [7, 11) is 0. The molecule has 27 heavy (non-hydrogen) atoms. The van der Waals surface area contributed by atoms with Crippen molar-refractivity contribution in [2.45, 2.75) is 6.92 Å². The third kappa shape index (κ3) is 6.46. The highest BCUT2D eigenvalue weighted by atomic mass is 32.1. The number of aliphatic imine (C=N–C) groups is 1. The molecular weight excluding hydrogens is 362 g/mol. The fourth-order valence-corrected chi connectivity index (χ4v) is 3.03. The molecule has 0 spiro atoms. The van der Waals surface area contributed by atoms with Crippen LogP contribution in [-0.2, 0) is 4.79 Å². The molecule has 0 bridgehead atoms. The zero-order valence-electron chi connectivity index (χ0n) is 15.3. The third-order valence-electron chi connectivity index (χ3n) is 4.08. The Labute approximate surface area is 164 Å². The van der Waals surface area contributed by atoms with Crippen LogP contribution in [0.2, 0.25) is 0 Å². The van der Waals surface area contributed by atoms with Crippen LogP contribution in [0.5, 0.6) is 0 Å². The standard InChI is InChI=1S/C18H25N7OS/c1-14-16(3-4-17(23-14)21-6-2-5-19)25-9-7-24(8-10-25)12-15(20)11-18(27)22-13-26/h2-6,11,13H,7-10,12,19-20H2,1H3,(H,22,26,27)/b5-2-,15-11-,21-6?. The summed E-state index contributed by atoms with van der Waals surface area (Å²) in [6, 6.07) is 3.95. The Bertz CT molecular complexity index is 752. The quantitative estimate of drug-likeness (QED) is 0.272. The Kier molecular flexibility index (Phi) is 7.90. The fourth-order valence-electron chi connectivity index (χ4n) is 2.83. The number of aromatic nitrogens is 1. The van der Waals surface area contributed by atoms with Gasteiger partial charge in [0.15, 0.2) is 5.82 Å². The molecule has 1 amide bonds. The van der Waals surface area contributed by atoms with Gasteiger partial charge in [0, 0.05) is 44.6 Å². The average Bonchev–Trinajstić information content (AvgIpc) is 2.63. The number of hydrogen-bond donors (Lipinski definition) is 3. The molecule has 144 valence electrons. The smallest absolute Gasteiger partial charge is 0.212 e. The van der Waals surface area contributed by atoms with E-state index in [-0.39, 0.29) is 0 Å². The van der Waals surface area contributed by atoms with Crippen molar-refractivity contribution in [1.82, 2.24) is 15.2 Å². The van der Waals surface area contributed by atoms with Crippen LogP contribution in [0.3, 0.4) is 0 Å².